The molecule has 1 heterocycles. The number of hydrogen-bond donors (Lipinski definition) is 6. The molecule has 0 radical (unpaired) electrons. The van der Waals surface area contributed by atoms with E-state index < -0.39 is 23.0 Å². The Morgan fingerprint density at radius 1 is 0.281 bits per heavy atom. The van der Waals surface area contributed by atoms with Crippen molar-refractivity contribution in [3.05, 3.63) is 0 Å². The molecule has 0 saturated heterocycles. The van der Waals surface area contributed by atoms with Crippen LogP contribution in [0.4, 0.5) is 0 Å². The molecule has 1 aliphatic heterocycles. The fourth-order valence-electron chi connectivity index (χ4n) is 11.7. The summed E-state index contributed by atoms with van der Waals surface area (Å²) >= 11 is 0. The van der Waals surface area contributed by atoms with Crippen molar-refractivity contribution in [3.8, 4) is 0 Å². The van der Waals surface area contributed by atoms with Gasteiger partial charge in [-0.05, 0) is 216 Å². The van der Waals surface area contributed by atoms with Gasteiger partial charge in [0, 0.05) is 33.0 Å². The average Bonchev–Trinajstić information content (AvgIpc) is 3.28. The maximum Gasteiger partial charge on any atom is 0.349 e. The number of rotatable bonds is 22. The molecule has 0 aromatic rings. The highest BCUT2D eigenvalue weighted by atomic mass is 31.3. The Labute approximate surface area is 384 Å². The van der Waals surface area contributed by atoms with Gasteiger partial charge in [0.15, 0.2) is 0 Å². The Morgan fingerprint density at radius 2 is 0.453 bits per heavy atom. The van der Waals surface area contributed by atoms with E-state index in [9.17, 15) is 30.6 Å². The fraction of sp³-hybridized carbons (Fsp3) is 1.00. The van der Waals surface area contributed by atoms with E-state index in [4.69, 9.17) is 40.7 Å². The van der Waals surface area contributed by atoms with E-state index >= 15 is 0 Å². The summed E-state index contributed by atoms with van der Waals surface area (Å²) < 4.78 is 61.7. The molecular formula is C46H86N3O12P3. The summed E-state index contributed by atoms with van der Waals surface area (Å²) in [5.74, 6) is 2.14. The van der Waals surface area contributed by atoms with Gasteiger partial charge in [-0.2, -0.15) is 0 Å². The molecule has 6 saturated carbocycles. The van der Waals surface area contributed by atoms with Crippen molar-refractivity contribution in [1.29, 1.82) is 0 Å². The minimum atomic E-state index is -3.70. The minimum absolute atomic E-state index is 0.174. The van der Waals surface area contributed by atoms with Crippen molar-refractivity contribution in [3.63, 3.8) is 0 Å². The van der Waals surface area contributed by atoms with Crippen LogP contribution in [0.3, 0.4) is 0 Å². The van der Waals surface area contributed by atoms with Gasteiger partial charge in [0.2, 0.25) is 0 Å². The number of aliphatic hydroxyl groups is 6. The first-order valence-electron chi connectivity index (χ1n) is 25.9. The SMILES string of the molecule is OCCC1CCC(OP2(OC3CCC(O)CC3)=NP(OC3CCC(CCO)CC3)(OC3CCC(CCO)CC3)=NP(OC3CCC(CCO)CC3)(OC3CCC(CCO)CC3)=N2)CC1. The standard InChI is InChI=1S/C46H86N3O12P3/c50-30-25-35-1-13-41(14-2-35)56-62(57-42-15-3-36(4-16-42)26-31-51)47-63(58-43-17-5-37(6-18-43)27-32-52,59-44-19-7-38(8-20-44)28-33-53)49-64(48-62,61-46-23-11-40(55)12-24-46)60-45-21-9-39(10-22-45)29-34-54/h35-46,50-55H,1-34H2. The second-order valence-electron chi connectivity index (χ2n) is 20.6. The van der Waals surface area contributed by atoms with E-state index in [0.717, 1.165) is 161 Å². The number of hydrogen-bond acceptors (Lipinski definition) is 15. The van der Waals surface area contributed by atoms with E-state index in [1.807, 2.05) is 0 Å². The molecule has 6 N–H and O–H groups in total. The van der Waals surface area contributed by atoms with Crippen molar-refractivity contribution in [2.45, 2.75) is 229 Å². The first-order chi connectivity index (χ1) is 31.1. The highest BCUT2D eigenvalue weighted by Gasteiger charge is 2.50. The van der Waals surface area contributed by atoms with Crippen molar-refractivity contribution in [2.75, 3.05) is 33.0 Å². The van der Waals surface area contributed by atoms with Gasteiger partial charge in [0.25, 0.3) is 0 Å². The zero-order valence-electron chi connectivity index (χ0n) is 38.8. The largest absolute Gasteiger partial charge is 0.396 e. The van der Waals surface area contributed by atoms with Crippen molar-refractivity contribution >= 4 is 23.0 Å². The van der Waals surface area contributed by atoms with Gasteiger partial charge < -0.3 is 57.8 Å². The molecular weight excluding hydrogens is 879 g/mol. The molecule has 6 aliphatic carbocycles. The third-order valence-electron chi connectivity index (χ3n) is 15.7. The third kappa shape index (κ3) is 15.4. The molecule has 0 aromatic carbocycles. The first-order valence-corrected chi connectivity index (χ1v) is 30.5. The van der Waals surface area contributed by atoms with Gasteiger partial charge in [-0.25, -0.2) is 0 Å². The molecule has 64 heavy (non-hydrogen) atoms. The lowest BCUT2D eigenvalue weighted by atomic mass is 9.86. The molecule has 1 unspecified atom stereocenters. The quantitative estimate of drug-likeness (QED) is 0.0559. The lowest BCUT2D eigenvalue weighted by Gasteiger charge is -2.42. The lowest BCUT2D eigenvalue weighted by Crippen LogP contribution is -2.28. The van der Waals surface area contributed by atoms with Gasteiger partial charge in [0.05, 0.1) is 42.7 Å². The predicted molar refractivity (Wildman–Crippen MR) is 250 cm³/mol. The monoisotopic (exact) mass is 966 g/mol. The molecule has 372 valence electrons. The molecule has 6 fully saturated rings. The van der Waals surface area contributed by atoms with Crippen LogP contribution in [-0.4, -0.2) is 106 Å². The Balaban J connectivity index is 1.35. The van der Waals surface area contributed by atoms with E-state index in [2.05, 4.69) is 0 Å². The minimum Gasteiger partial charge on any atom is -0.396 e. The molecule has 15 nitrogen and oxygen atoms in total. The average molecular weight is 966 g/mol. The zero-order chi connectivity index (χ0) is 44.8. The normalized spacial score (nSPS) is 42.3. The summed E-state index contributed by atoms with van der Waals surface area (Å²) in [6.07, 6.45) is 22.0. The van der Waals surface area contributed by atoms with Crippen LogP contribution < -0.4 is 0 Å². The highest BCUT2D eigenvalue weighted by molar-refractivity contribution is 7.78. The van der Waals surface area contributed by atoms with Gasteiger partial charge in [-0.3, -0.25) is 0 Å². The van der Waals surface area contributed by atoms with Gasteiger partial charge >= 0.3 is 23.0 Å². The summed E-state index contributed by atoms with van der Waals surface area (Å²) in [7, 11) is -11.1. The third-order valence-corrected chi connectivity index (χ3v) is 24.6. The molecule has 7 rings (SSSR count). The molecule has 1 atom stereocenters. The van der Waals surface area contributed by atoms with E-state index in [1.54, 1.807) is 0 Å². The van der Waals surface area contributed by atoms with Crippen LogP contribution in [0.5, 0.6) is 0 Å². The summed E-state index contributed by atoms with van der Waals surface area (Å²) in [5, 5.41) is 59.7. The Hall–Kier alpha value is 0.210. The van der Waals surface area contributed by atoms with Crippen LogP contribution in [-0.2, 0) is 27.1 Å². The molecule has 0 bridgehead atoms. The molecule has 0 spiro atoms. The molecule has 0 amide bonds. The van der Waals surface area contributed by atoms with Crippen LogP contribution in [0.2, 0.25) is 0 Å². The summed E-state index contributed by atoms with van der Waals surface area (Å²) in [5.41, 5.74) is 0. The first kappa shape index (κ1) is 52.0. The van der Waals surface area contributed by atoms with Gasteiger partial charge in [0.1, 0.15) is 0 Å². The molecule has 7 aliphatic rings. The van der Waals surface area contributed by atoms with Crippen molar-refractivity contribution in [1.82, 2.24) is 0 Å². The van der Waals surface area contributed by atoms with E-state index in [-0.39, 0.29) is 75.8 Å². The Bertz CT molecular complexity index is 1410. The van der Waals surface area contributed by atoms with Gasteiger partial charge in [-0.15, -0.1) is 13.5 Å². The topological polar surface area (TPSA) is 214 Å². The fourth-order valence-corrected chi connectivity index (χ4v) is 22.3. The smallest absolute Gasteiger partial charge is 0.349 e. The highest BCUT2D eigenvalue weighted by Crippen LogP contribution is 2.83. The predicted octanol–water partition coefficient (Wildman–Crippen LogP) is 10.9. The molecule has 18 heteroatoms. The van der Waals surface area contributed by atoms with Crippen LogP contribution in [0, 0.1) is 29.6 Å². The Morgan fingerprint density at radius 3 is 0.625 bits per heavy atom. The second-order valence-corrected chi connectivity index (χ2v) is 26.9. The summed E-state index contributed by atoms with van der Waals surface area (Å²) in [6, 6.07) is 0. The van der Waals surface area contributed by atoms with E-state index in [0.29, 0.717) is 55.3 Å². The van der Waals surface area contributed by atoms with Crippen LogP contribution in [0.15, 0.2) is 13.5 Å². The van der Waals surface area contributed by atoms with E-state index in [1.165, 1.54) is 0 Å². The van der Waals surface area contributed by atoms with Crippen LogP contribution >= 0.6 is 23.0 Å². The van der Waals surface area contributed by atoms with Crippen LogP contribution in [0.1, 0.15) is 186 Å². The maximum absolute atomic E-state index is 10.6. The summed E-state index contributed by atoms with van der Waals surface area (Å²) in [6.45, 7) is 0.875. The number of aliphatic hydroxyl groups excluding tert-OH is 6. The second kappa shape index (κ2) is 25.9. The van der Waals surface area contributed by atoms with Crippen LogP contribution in [0.25, 0.3) is 0 Å². The van der Waals surface area contributed by atoms with Crippen molar-refractivity contribution < 1.29 is 57.8 Å². The zero-order valence-corrected chi connectivity index (χ0v) is 41.5. The molecule has 0 aromatic heterocycles. The lowest BCUT2D eigenvalue weighted by molar-refractivity contribution is 0.0463. The van der Waals surface area contributed by atoms with Gasteiger partial charge in [-0.1, -0.05) is 0 Å². The Kier molecular flexibility index (Phi) is 21.1. The van der Waals surface area contributed by atoms with Crippen molar-refractivity contribution in [2.24, 2.45) is 43.1 Å². The maximum atomic E-state index is 10.6. The number of nitrogens with zero attached hydrogens (tertiary/aromatic N) is 3. The summed E-state index contributed by atoms with van der Waals surface area (Å²) in [4.78, 5) is 0.